The van der Waals surface area contributed by atoms with Gasteiger partial charge in [-0.1, -0.05) is 19.1 Å². The molecule has 1 fully saturated rings. The average molecular weight is 293 g/mol. The molecule has 2 atom stereocenters. The summed E-state index contributed by atoms with van der Waals surface area (Å²) in [7, 11) is -3.71. The van der Waals surface area contributed by atoms with Gasteiger partial charge in [-0.25, -0.2) is 13.1 Å². The van der Waals surface area contributed by atoms with E-state index < -0.39 is 21.3 Å². The lowest BCUT2D eigenvalue weighted by Gasteiger charge is -2.19. The number of sulfonamides is 1. The predicted molar refractivity (Wildman–Crippen MR) is 73.5 cm³/mol. The van der Waals surface area contributed by atoms with Gasteiger partial charge in [0.05, 0.1) is 11.0 Å². The quantitative estimate of drug-likeness (QED) is 0.556. The number of nitrogens with two attached hydrogens (primary N) is 1. The van der Waals surface area contributed by atoms with Crippen LogP contribution in [0.25, 0.3) is 0 Å². The number of carbonyl (C=O) groups is 1. The second-order valence-electron chi connectivity index (χ2n) is 4.47. The van der Waals surface area contributed by atoms with E-state index in [1.54, 1.807) is 6.92 Å². The summed E-state index contributed by atoms with van der Waals surface area (Å²) in [6.45, 7) is 3.18. The van der Waals surface area contributed by atoms with Crippen LogP contribution in [0.4, 0.5) is 0 Å². The van der Waals surface area contributed by atoms with Crippen molar-refractivity contribution in [3.8, 4) is 0 Å². The summed E-state index contributed by atoms with van der Waals surface area (Å²) in [5.41, 5.74) is 5.39. The van der Waals surface area contributed by atoms with Crippen LogP contribution < -0.4 is 15.8 Å². The Bertz CT molecular complexity index is 432. The molecule has 1 aliphatic carbocycles. The Morgan fingerprint density at radius 3 is 2.44 bits per heavy atom. The zero-order valence-electron chi connectivity index (χ0n) is 10.5. The summed E-state index contributed by atoms with van der Waals surface area (Å²) in [6, 6.07) is -0.624. The maximum Gasteiger partial charge on any atom is 0.238 e. The summed E-state index contributed by atoms with van der Waals surface area (Å²) in [5.74, 6) is -0.320. The van der Waals surface area contributed by atoms with E-state index in [1.807, 2.05) is 0 Å². The van der Waals surface area contributed by atoms with Crippen LogP contribution in [0.15, 0.2) is 0 Å². The van der Waals surface area contributed by atoms with Crippen LogP contribution in [0.3, 0.4) is 0 Å². The standard InChI is InChI=1S/C10H19N3O3S2/c1-3-8(9(11)17)18(15,16)13-6(2)10(14)12-7-4-5-7/h6-8,13H,3-5H2,1-2H3,(H2,11,17)(H,12,14). The van der Waals surface area contributed by atoms with E-state index in [-0.39, 0.29) is 23.4 Å². The molecular formula is C10H19N3O3S2. The molecule has 1 saturated carbocycles. The Labute approximate surface area is 113 Å². The van der Waals surface area contributed by atoms with Crippen LogP contribution in [0.2, 0.25) is 0 Å². The molecule has 1 amide bonds. The fourth-order valence-corrected chi connectivity index (χ4v) is 3.56. The Kier molecular flexibility index (Phi) is 5.06. The number of hydrogen-bond acceptors (Lipinski definition) is 4. The van der Waals surface area contributed by atoms with Crippen LogP contribution in [0.5, 0.6) is 0 Å². The maximum atomic E-state index is 12.0. The van der Waals surface area contributed by atoms with Crippen LogP contribution in [0.1, 0.15) is 33.1 Å². The largest absolute Gasteiger partial charge is 0.392 e. The molecule has 0 heterocycles. The number of nitrogens with one attached hydrogen (secondary N) is 2. The highest BCUT2D eigenvalue weighted by Crippen LogP contribution is 2.18. The SMILES string of the molecule is CCC(C(N)=S)S(=O)(=O)NC(C)C(=O)NC1CC1. The van der Waals surface area contributed by atoms with Crippen LogP contribution in [-0.2, 0) is 14.8 Å². The summed E-state index contributed by atoms with van der Waals surface area (Å²) in [5, 5.41) is 1.79. The number of thiocarbonyl (C=S) groups is 1. The molecule has 0 aromatic carbocycles. The number of carbonyl (C=O) groups excluding carboxylic acids is 1. The zero-order valence-corrected chi connectivity index (χ0v) is 12.1. The van der Waals surface area contributed by atoms with Gasteiger partial charge in [-0.05, 0) is 26.2 Å². The lowest BCUT2D eigenvalue weighted by Crippen LogP contribution is -2.50. The van der Waals surface area contributed by atoms with Gasteiger partial charge in [0.1, 0.15) is 5.25 Å². The van der Waals surface area contributed by atoms with Crippen LogP contribution in [0, 0.1) is 0 Å². The molecule has 0 radical (unpaired) electrons. The van der Waals surface area contributed by atoms with Gasteiger partial charge in [0.15, 0.2) is 0 Å². The van der Waals surface area contributed by atoms with Crippen molar-refractivity contribution >= 4 is 33.1 Å². The number of amides is 1. The van der Waals surface area contributed by atoms with Crippen LogP contribution >= 0.6 is 12.2 Å². The highest BCUT2D eigenvalue weighted by atomic mass is 32.2. The van der Waals surface area contributed by atoms with Gasteiger partial charge in [0.2, 0.25) is 15.9 Å². The van der Waals surface area contributed by atoms with Crippen LogP contribution in [-0.4, -0.2) is 36.6 Å². The first-order valence-corrected chi connectivity index (χ1v) is 7.84. The fourth-order valence-electron chi connectivity index (χ4n) is 1.51. The summed E-state index contributed by atoms with van der Waals surface area (Å²) in [6.07, 6.45) is 2.19. The second-order valence-corrected chi connectivity index (χ2v) is 6.83. The van der Waals surface area contributed by atoms with Gasteiger partial charge in [0.25, 0.3) is 0 Å². The van der Waals surface area contributed by atoms with Crippen molar-refractivity contribution in [3.05, 3.63) is 0 Å². The van der Waals surface area contributed by atoms with E-state index in [1.165, 1.54) is 6.92 Å². The highest BCUT2D eigenvalue weighted by molar-refractivity contribution is 7.93. The first-order valence-electron chi connectivity index (χ1n) is 5.88. The Balaban J connectivity index is 2.62. The van der Waals surface area contributed by atoms with Crippen molar-refractivity contribution in [3.63, 3.8) is 0 Å². The molecule has 0 aromatic heterocycles. The molecule has 0 aromatic rings. The van der Waals surface area contributed by atoms with Crippen molar-refractivity contribution in [2.45, 2.75) is 50.4 Å². The van der Waals surface area contributed by atoms with Gasteiger partial charge in [0, 0.05) is 6.04 Å². The van der Waals surface area contributed by atoms with Crippen molar-refractivity contribution in [2.24, 2.45) is 5.73 Å². The molecule has 0 bridgehead atoms. The number of rotatable bonds is 7. The fraction of sp³-hybridized carbons (Fsp3) is 0.800. The van der Waals surface area contributed by atoms with E-state index in [2.05, 4.69) is 10.0 Å². The molecule has 1 aliphatic rings. The van der Waals surface area contributed by atoms with Crippen molar-refractivity contribution in [2.75, 3.05) is 0 Å². The first-order chi connectivity index (χ1) is 8.27. The summed E-state index contributed by atoms with van der Waals surface area (Å²) < 4.78 is 26.2. The van der Waals surface area contributed by atoms with Gasteiger partial charge in [-0.15, -0.1) is 0 Å². The smallest absolute Gasteiger partial charge is 0.238 e. The maximum absolute atomic E-state index is 12.0. The molecule has 0 spiro atoms. The minimum Gasteiger partial charge on any atom is -0.392 e. The third kappa shape index (κ3) is 4.18. The molecule has 8 heteroatoms. The summed E-state index contributed by atoms with van der Waals surface area (Å²) in [4.78, 5) is 11.6. The first kappa shape index (κ1) is 15.3. The van der Waals surface area contributed by atoms with Crippen molar-refractivity contribution < 1.29 is 13.2 Å². The third-order valence-electron chi connectivity index (χ3n) is 2.72. The van der Waals surface area contributed by atoms with E-state index >= 15 is 0 Å². The molecule has 1 rings (SSSR count). The van der Waals surface area contributed by atoms with E-state index in [0.717, 1.165) is 12.8 Å². The Hall–Kier alpha value is -0.730. The van der Waals surface area contributed by atoms with Gasteiger partial charge >= 0.3 is 0 Å². The molecule has 6 nitrogen and oxygen atoms in total. The van der Waals surface area contributed by atoms with Crippen molar-refractivity contribution in [1.29, 1.82) is 0 Å². The molecule has 18 heavy (non-hydrogen) atoms. The van der Waals surface area contributed by atoms with Gasteiger partial charge in [-0.3, -0.25) is 4.79 Å². The van der Waals surface area contributed by atoms with E-state index in [9.17, 15) is 13.2 Å². The number of hydrogen-bond donors (Lipinski definition) is 3. The average Bonchev–Trinajstić information content (AvgIpc) is 3.00. The molecule has 4 N–H and O–H groups in total. The second kappa shape index (κ2) is 5.94. The molecular weight excluding hydrogens is 274 g/mol. The summed E-state index contributed by atoms with van der Waals surface area (Å²) >= 11 is 4.72. The minimum absolute atomic E-state index is 0.0835. The minimum atomic E-state index is -3.71. The highest BCUT2D eigenvalue weighted by Gasteiger charge is 2.31. The Morgan fingerprint density at radius 2 is 2.06 bits per heavy atom. The lowest BCUT2D eigenvalue weighted by atomic mass is 10.3. The van der Waals surface area contributed by atoms with E-state index in [4.69, 9.17) is 18.0 Å². The predicted octanol–water partition coefficient (Wildman–Crippen LogP) is -0.362. The van der Waals surface area contributed by atoms with Crippen molar-refractivity contribution in [1.82, 2.24) is 10.0 Å². The monoisotopic (exact) mass is 293 g/mol. The normalized spacial score (nSPS) is 19.0. The van der Waals surface area contributed by atoms with Gasteiger partial charge < -0.3 is 11.1 Å². The lowest BCUT2D eigenvalue weighted by molar-refractivity contribution is -0.122. The third-order valence-corrected chi connectivity index (χ3v) is 5.17. The van der Waals surface area contributed by atoms with Gasteiger partial charge in [-0.2, -0.15) is 0 Å². The molecule has 0 saturated heterocycles. The van der Waals surface area contributed by atoms with E-state index in [0.29, 0.717) is 0 Å². The topological polar surface area (TPSA) is 101 Å². The zero-order chi connectivity index (χ0) is 13.9. The molecule has 0 aliphatic heterocycles. The molecule has 104 valence electrons. The molecule has 2 unspecified atom stereocenters. The Morgan fingerprint density at radius 1 is 1.50 bits per heavy atom.